The maximum atomic E-state index is 5.95. The first-order valence-electron chi connectivity index (χ1n) is 41.9. The molecule has 0 aliphatic rings. The number of benzene rings is 16. The number of fused-ring (bicyclic) bond motifs is 28. The third kappa shape index (κ3) is 11.8. The summed E-state index contributed by atoms with van der Waals surface area (Å²) in [6.07, 6.45) is 7.40. The molecule has 0 spiro atoms. The molecule has 0 fully saturated rings. The topological polar surface area (TPSA) is 134 Å². The van der Waals surface area contributed by atoms with Crippen LogP contribution in [0.5, 0.6) is 0 Å². The smallest absolute Gasteiger partial charge is 0.227 e. The Hall–Kier alpha value is -17.2. The Morgan fingerprint density at radius 1 is 0.216 bits per heavy atom. The predicted molar refractivity (Wildman–Crippen MR) is 512 cm³/mol. The number of pyridine rings is 6. The molecule has 0 unspecified atom stereocenters. The molecule has 0 N–H and O–H groups in total. The Kier molecular flexibility index (Phi) is 16.3. The van der Waals surface area contributed by atoms with Gasteiger partial charge in [0.1, 0.15) is 39.3 Å². The highest BCUT2D eigenvalue weighted by Gasteiger charge is 2.23. The number of hydrogen-bond acceptors (Lipinski definition) is 9. The van der Waals surface area contributed by atoms with E-state index in [9.17, 15) is 0 Å². The second-order valence-electron chi connectivity index (χ2n) is 31.8. The minimum Gasteiger partial charge on any atom is -0.436 e. The molecule has 582 valence electrons. The van der Waals surface area contributed by atoms with Gasteiger partial charge in [-0.15, -0.1) is 0 Å². The van der Waals surface area contributed by atoms with Crippen molar-refractivity contribution >= 4 is 159 Å². The summed E-state index contributed by atoms with van der Waals surface area (Å²) < 4.78 is 14.8. The standard InChI is InChI=1S/C44H27N3.C37H23N5.C31H18N4O/c1-3-13-34-28(9-1)11-7-16-36(34)32-23-31(24-33(25-32)37-17-8-12-29-10-2-4-14-35(29)37)30-19-20-38-39-15-5-6-18-42(39)47-43-27-45-22-21-41(43)46-44(47)40(38)26-30;1-2-9-27(10-3-1)41-33-15-7-6-13-31(33)39-35(41)25-18-16-24(17-19-25)26-20-21-29-28-11-4-5-12-30(28)36-40-32-14-8-22-38-37(32)42(36)34(29)23-26;1-3-9-27-23(6-1)22-16-15-21(18-24(22)29-33-26-8-5-17-32-30(26)35(27)29)19-11-13-20(14-12-19)31-34-25-7-2-4-10-28(25)36-31/h1-27H;1-23H;1-18H. The lowest BCUT2D eigenvalue weighted by molar-refractivity contribution is 0.620. The number of nitrogens with zero attached hydrogens (tertiary/aromatic N) is 12. The van der Waals surface area contributed by atoms with E-state index in [2.05, 4.69) is 354 Å². The maximum absolute atomic E-state index is 5.95. The third-order valence-electron chi connectivity index (χ3n) is 24.7. The van der Waals surface area contributed by atoms with Crippen LogP contribution in [0.2, 0.25) is 0 Å². The lowest BCUT2D eigenvalue weighted by atomic mass is 9.89. The number of imidazole rings is 4. The second kappa shape index (κ2) is 28.8. The van der Waals surface area contributed by atoms with E-state index in [1.807, 2.05) is 91.5 Å². The van der Waals surface area contributed by atoms with Crippen LogP contribution in [-0.4, -0.2) is 57.6 Å². The summed E-state index contributed by atoms with van der Waals surface area (Å²) in [6.45, 7) is 0. The molecule has 11 aromatic heterocycles. The SMILES string of the molecule is c1ccc(-n2c(-c3ccc(-c4ccc5c6ccccc6c6nc7cccnc7n6c5c4)cc3)nc3ccccc32)cc1.c1ccc2c(-c3cc(-c4ccc5c6ccccc6n6c7cnccc7nc6c5c4)cc(-c4cccc5ccccc45)c3)cccc2c1.c1ccc2oc(-c3ccc(-c4ccc5c6ccccc6n6c7ncccc7nc6c5c4)cc3)nc2c1. The van der Waals surface area contributed by atoms with Crippen LogP contribution >= 0.6 is 0 Å². The van der Waals surface area contributed by atoms with Crippen molar-refractivity contribution in [1.82, 2.24) is 57.6 Å². The molecule has 27 aromatic rings. The van der Waals surface area contributed by atoms with E-state index in [-0.39, 0.29) is 0 Å². The van der Waals surface area contributed by atoms with Gasteiger partial charge in [0, 0.05) is 67.7 Å². The molecule has 0 amide bonds. The van der Waals surface area contributed by atoms with E-state index in [0.29, 0.717) is 5.89 Å². The maximum Gasteiger partial charge on any atom is 0.227 e. The normalized spacial score (nSPS) is 11.8. The fraction of sp³-hybridized carbons (Fsp3) is 0. The highest BCUT2D eigenvalue weighted by atomic mass is 16.3. The Balaban J connectivity index is 0.000000103. The summed E-state index contributed by atoms with van der Waals surface area (Å²) in [5.74, 6) is 1.56. The van der Waals surface area contributed by atoms with E-state index < -0.39 is 0 Å². The van der Waals surface area contributed by atoms with Crippen LogP contribution in [0.1, 0.15) is 0 Å². The van der Waals surface area contributed by atoms with Gasteiger partial charge in [0.25, 0.3) is 0 Å². The van der Waals surface area contributed by atoms with Gasteiger partial charge in [0.2, 0.25) is 5.89 Å². The van der Waals surface area contributed by atoms with E-state index in [0.717, 1.165) is 156 Å². The largest absolute Gasteiger partial charge is 0.436 e. The molecular formula is C112H68N12O. The zero-order valence-corrected chi connectivity index (χ0v) is 67.0. The zero-order chi connectivity index (χ0) is 82.2. The van der Waals surface area contributed by atoms with Crippen molar-refractivity contribution in [3.05, 3.63) is 413 Å². The number of rotatable bonds is 8. The van der Waals surface area contributed by atoms with Crippen LogP contribution in [0.25, 0.3) is 243 Å². The predicted octanol–water partition coefficient (Wildman–Crippen LogP) is 28.0. The van der Waals surface area contributed by atoms with Gasteiger partial charge in [-0.25, -0.2) is 34.9 Å². The van der Waals surface area contributed by atoms with Crippen LogP contribution in [0.3, 0.4) is 0 Å². The first kappa shape index (κ1) is 70.8. The number of para-hydroxylation sites is 7. The van der Waals surface area contributed by atoms with E-state index in [1.54, 1.807) is 0 Å². The van der Waals surface area contributed by atoms with Gasteiger partial charge in [0.05, 0.1) is 44.8 Å². The average molecular weight is 1600 g/mol. The van der Waals surface area contributed by atoms with E-state index in [4.69, 9.17) is 29.3 Å². The van der Waals surface area contributed by atoms with Gasteiger partial charge in [-0.3, -0.25) is 22.8 Å². The quantitative estimate of drug-likeness (QED) is 0.136. The monoisotopic (exact) mass is 1600 g/mol. The Morgan fingerprint density at radius 3 is 1.30 bits per heavy atom. The van der Waals surface area contributed by atoms with Crippen LogP contribution in [-0.2, 0) is 0 Å². The Morgan fingerprint density at radius 2 is 0.656 bits per heavy atom. The van der Waals surface area contributed by atoms with Crippen molar-refractivity contribution in [2.45, 2.75) is 0 Å². The highest BCUT2D eigenvalue weighted by Crippen LogP contribution is 2.44. The highest BCUT2D eigenvalue weighted by molar-refractivity contribution is 6.18. The summed E-state index contributed by atoms with van der Waals surface area (Å²) >= 11 is 0. The van der Waals surface area contributed by atoms with E-state index >= 15 is 0 Å². The van der Waals surface area contributed by atoms with Gasteiger partial charge in [-0.1, -0.05) is 261 Å². The lowest BCUT2D eigenvalue weighted by Crippen LogP contribution is -1.97. The summed E-state index contributed by atoms with van der Waals surface area (Å²) in [7, 11) is 0. The molecule has 0 aliphatic carbocycles. The zero-order valence-electron chi connectivity index (χ0n) is 67.0. The molecular weight excluding hydrogens is 1530 g/mol. The minimum atomic E-state index is 0.631. The molecule has 16 aromatic carbocycles. The lowest BCUT2D eigenvalue weighted by Gasteiger charge is -2.15. The summed E-state index contributed by atoms with van der Waals surface area (Å²) in [5, 5.41) is 15.5. The molecule has 13 heteroatoms. The van der Waals surface area contributed by atoms with Gasteiger partial charge >= 0.3 is 0 Å². The fourth-order valence-corrected chi connectivity index (χ4v) is 18.8. The number of oxazole rings is 1. The fourth-order valence-electron chi connectivity index (χ4n) is 18.8. The second-order valence-corrected chi connectivity index (χ2v) is 31.8. The van der Waals surface area contributed by atoms with Gasteiger partial charge in [-0.05, 0) is 221 Å². The molecule has 0 aliphatic heterocycles. The van der Waals surface area contributed by atoms with Crippen LogP contribution in [0.15, 0.2) is 417 Å². The van der Waals surface area contributed by atoms with Crippen molar-refractivity contribution in [3.8, 4) is 84.2 Å². The first-order valence-corrected chi connectivity index (χ1v) is 41.9. The Bertz CT molecular complexity index is 8940. The van der Waals surface area contributed by atoms with Crippen molar-refractivity contribution in [2.24, 2.45) is 0 Å². The van der Waals surface area contributed by atoms with Crippen LogP contribution < -0.4 is 0 Å². The summed E-state index contributed by atoms with van der Waals surface area (Å²) in [6, 6.07) is 137. The molecule has 27 rings (SSSR count). The summed E-state index contributed by atoms with van der Waals surface area (Å²) in [4.78, 5) is 38.6. The van der Waals surface area contributed by atoms with E-state index in [1.165, 1.54) is 81.7 Å². The molecule has 13 nitrogen and oxygen atoms in total. The molecule has 11 heterocycles. The van der Waals surface area contributed by atoms with Crippen LogP contribution in [0.4, 0.5) is 0 Å². The minimum absolute atomic E-state index is 0.631. The summed E-state index contributed by atoms with van der Waals surface area (Å²) in [5.41, 5.74) is 30.2. The molecule has 0 bridgehead atoms. The van der Waals surface area contributed by atoms with Crippen molar-refractivity contribution < 1.29 is 4.42 Å². The van der Waals surface area contributed by atoms with Gasteiger partial charge in [0.15, 0.2) is 16.9 Å². The van der Waals surface area contributed by atoms with Crippen molar-refractivity contribution in [1.29, 1.82) is 0 Å². The number of aromatic nitrogens is 12. The van der Waals surface area contributed by atoms with Crippen molar-refractivity contribution in [3.63, 3.8) is 0 Å². The van der Waals surface area contributed by atoms with Crippen molar-refractivity contribution in [2.75, 3.05) is 0 Å². The number of hydrogen-bond donors (Lipinski definition) is 0. The molecule has 0 atom stereocenters. The first-order chi connectivity index (χ1) is 62.0. The Labute approximate surface area is 713 Å². The van der Waals surface area contributed by atoms with Crippen LogP contribution in [0, 0.1) is 0 Å². The van der Waals surface area contributed by atoms with Gasteiger partial charge in [-0.2, -0.15) is 0 Å². The third-order valence-corrected chi connectivity index (χ3v) is 24.7. The molecule has 0 saturated heterocycles. The van der Waals surface area contributed by atoms with Gasteiger partial charge < -0.3 is 4.42 Å². The molecule has 0 radical (unpaired) electrons. The molecule has 0 saturated carbocycles. The molecule has 125 heavy (non-hydrogen) atoms. The average Bonchev–Trinajstić information content (AvgIpc) is 1.63.